The molecule has 0 aromatic heterocycles. The summed E-state index contributed by atoms with van der Waals surface area (Å²) in [5.41, 5.74) is 0.313. The fourth-order valence-corrected chi connectivity index (χ4v) is 7.55. The zero-order valence-corrected chi connectivity index (χ0v) is 21.7. The number of fused-ring (bicyclic) bond motifs is 2. The van der Waals surface area contributed by atoms with Gasteiger partial charge in [-0.05, 0) is 32.1 Å². The van der Waals surface area contributed by atoms with Gasteiger partial charge in [0.2, 0.25) is 0 Å². The van der Waals surface area contributed by atoms with E-state index in [2.05, 4.69) is 20.0 Å². The first-order valence-corrected chi connectivity index (χ1v) is 14.2. The summed E-state index contributed by atoms with van der Waals surface area (Å²) in [5.74, 6) is -0.488. The maximum Gasteiger partial charge on any atom is 0.256 e. The number of ketones is 1. The number of halogens is 1. The van der Waals surface area contributed by atoms with E-state index < -0.39 is 0 Å². The summed E-state index contributed by atoms with van der Waals surface area (Å²) >= 11 is 6.55. The van der Waals surface area contributed by atoms with Gasteiger partial charge in [0.05, 0.1) is 56.3 Å². The molecule has 0 spiro atoms. The molecule has 6 aliphatic rings. The van der Waals surface area contributed by atoms with E-state index in [1.807, 2.05) is 6.20 Å². The molecular weight excluding hydrogens is 484 g/mol. The minimum Gasteiger partial charge on any atom is -0.379 e. The minimum atomic E-state index is -0.245. The second-order valence-electron chi connectivity index (χ2n) is 11.1. The van der Waals surface area contributed by atoms with Gasteiger partial charge in [-0.3, -0.25) is 19.4 Å². The van der Waals surface area contributed by atoms with Crippen LogP contribution in [0.2, 0.25) is 0 Å². The Bertz CT molecular complexity index is 861. The molecule has 1 amide bonds. The molecule has 200 valence electrons. The number of carbonyl (C=O) groups excluding carboxylic acids is 2. The number of hydrogen-bond acceptors (Lipinski definition) is 8. The highest BCUT2D eigenvalue weighted by Crippen LogP contribution is 2.46. The van der Waals surface area contributed by atoms with Gasteiger partial charge in [0.25, 0.3) is 5.91 Å². The highest BCUT2D eigenvalue weighted by Gasteiger charge is 2.55. The number of ether oxygens (including phenoxy) is 3. The number of alkyl halides is 1. The summed E-state index contributed by atoms with van der Waals surface area (Å²) in [5, 5.41) is 3.16. The molecule has 1 N–H and O–H groups in total. The van der Waals surface area contributed by atoms with Crippen molar-refractivity contribution >= 4 is 23.3 Å². The quantitative estimate of drug-likeness (QED) is 0.415. The number of nitrogens with zero attached hydrogens (tertiary/aromatic N) is 3. The van der Waals surface area contributed by atoms with Crippen LogP contribution in [0.1, 0.15) is 32.1 Å². The first-order valence-electron chi connectivity index (χ1n) is 13.8. The van der Waals surface area contributed by atoms with Crippen LogP contribution in [0.3, 0.4) is 0 Å². The van der Waals surface area contributed by atoms with Crippen molar-refractivity contribution in [2.75, 3.05) is 65.7 Å². The van der Waals surface area contributed by atoms with Crippen molar-refractivity contribution in [3.63, 3.8) is 0 Å². The van der Waals surface area contributed by atoms with E-state index in [1.165, 1.54) is 0 Å². The summed E-state index contributed by atoms with van der Waals surface area (Å²) in [6.07, 6.45) is 6.27. The number of rotatable bonds is 5. The molecule has 0 radical (unpaired) electrons. The number of amides is 1. The van der Waals surface area contributed by atoms with Gasteiger partial charge in [-0.2, -0.15) is 0 Å². The SMILES string of the molecule is O=C(NCCN1CCOCC1)C1=CN2C3CCC(Cl)CC3OC3CC(N4CCOCC4)CC(C1=O)C32. The Morgan fingerprint density at radius 3 is 2.53 bits per heavy atom. The highest BCUT2D eigenvalue weighted by atomic mass is 35.5. The summed E-state index contributed by atoms with van der Waals surface area (Å²) in [4.78, 5) is 34.3. The van der Waals surface area contributed by atoms with Gasteiger partial charge in [0, 0.05) is 62.8 Å². The third-order valence-corrected chi connectivity index (χ3v) is 9.49. The van der Waals surface area contributed by atoms with E-state index in [0.717, 1.165) is 91.3 Å². The zero-order chi connectivity index (χ0) is 24.6. The molecule has 9 nitrogen and oxygen atoms in total. The molecule has 0 bridgehead atoms. The minimum absolute atomic E-state index is 0.00724. The van der Waals surface area contributed by atoms with Crippen molar-refractivity contribution in [1.82, 2.24) is 20.0 Å². The first kappa shape index (κ1) is 25.1. The van der Waals surface area contributed by atoms with Crippen LogP contribution < -0.4 is 5.32 Å². The molecular formula is C26H39ClN4O5. The van der Waals surface area contributed by atoms with Crippen LogP contribution in [0.25, 0.3) is 0 Å². The van der Waals surface area contributed by atoms with Gasteiger partial charge in [0.1, 0.15) is 0 Å². The monoisotopic (exact) mass is 522 g/mol. The maximum absolute atomic E-state index is 13.8. The standard InChI is InChI=1S/C26H39ClN4O5/c27-17-1-2-21-22(13-17)36-23-15-18(30-7-11-35-12-8-30)14-19-24(23)31(21)16-20(25(19)32)26(33)28-3-4-29-5-9-34-10-6-29/h16-19,21-24H,1-15H2,(H,28,33). The van der Waals surface area contributed by atoms with Gasteiger partial charge in [-0.25, -0.2) is 0 Å². The van der Waals surface area contributed by atoms with E-state index in [1.54, 1.807) is 0 Å². The Morgan fingerprint density at radius 1 is 1.00 bits per heavy atom. The molecule has 0 aromatic rings. The van der Waals surface area contributed by atoms with Gasteiger partial charge in [-0.1, -0.05) is 0 Å². The van der Waals surface area contributed by atoms with Crippen molar-refractivity contribution in [1.29, 1.82) is 0 Å². The highest BCUT2D eigenvalue weighted by molar-refractivity contribution is 6.21. The van der Waals surface area contributed by atoms with Crippen molar-refractivity contribution in [3.05, 3.63) is 11.8 Å². The normalized spacial score (nSPS) is 39.7. The Kier molecular flexibility index (Phi) is 7.57. The lowest BCUT2D eigenvalue weighted by molar-refractivity contribution is -0.189. The Labute approximate surface area is 218 Å². The molecule has 4 aliphatic heterocycles. The lowest BCUT2D eigenvalue weighted by atomic mass is 9.70. The first-order chi connectivity index (χ1) is 17.6. The molecule has 5 fully saturated rings. The predicted octanol–water partition coefficient (Wildman–Crippen LogP) is 0.610. The molecule has 36 heavy (non-hydrogen) atoms. The summed E-state index contributed by atoms with van der Waals surface area (Å²) in [6.45, 7) is 7.73. The second-order valence-corrected chi connectivity index (χ2v) is 11.7. The van der Waals surface area contributed by atoms with E-state index in [-0.39, 0.29) is 53.3 Å². The van der Waals surface area contributed by atoms with Crippen LogP contribution in [0, 0.1) is 5.92 Å². The molecule has 3 saturated heterocycles. The van der Waals surface area contributed by atoms with Crippen LogP contribution in [0.4, 0.5) is 0 Å². The summed E-state index contributed by atoms with van der Waals surface area (Å²) in [6, 6.07) is 0.447. The molecule has 10 heteroatoms. The lowest BCUT2D eigenvalue weighted by Gasteiger charge is -2.59. The van der Waals surface area contributed by atoms with Crippen LogP contribution >= 0.6 is 11.6 Å². The fourth-order valence-electron chi connectivity index (χ4n) is 7.24. The largest absolute Gasteiger partial charge is 0.379 e. The zero-order valence-electron chi connectivity index (χ0n) is 21.0. The topological polar surface area (TPSA) is 83.6 Å². The lowest BCUT2D eigenvalue weighted by Crippen LogP contribution is -2.69. The van der Waals surface area contributed by atoms with E-state index in [9.17, 15) is 9.59 Å². The molecule has 7 unspecified atom stereocenters. The van der Waals surface area contributed by atoms with E-state index in [4.69, 9.17) is 25.8 Å². The second kappa shape index (κ2) is 10.9. The number of hydrogen-bond donors (Lipinski definition) is 1. The number of morpholine rings is 3. The van der Waals surface area contributed by atoms with Crippen molar-refractivity contribution < 1.29 is 23.8 Å². The third kappa shape index (κ3) is 4.95. The van der Waals surface area contributed by atoms with Crippen molar-refractivity contribution in [2.45, 2.75) is 67.8 Å². The summed E-state index contributed by atoms with van der Waals surface area (Å²) < 4.78 is 17.7. The molecule has 0 aromatic carbocycles. The molecule has 7 atom stereocenters. The van der Waals surface area contributed by atoms with Crippen LogP contribution in [0.5, 0.6) is 0 Å². The Balaban J connectivity index is 1.22. The average molecular weight is 523 g/mol. The van der Waals surface area contributed by atoms with E-state index >= 15 is 0 Å². The summed E-state index contributed by atoms with van der Waals surface area (Å²) in [7, 11) is 0. The number of nitrogens with one attached hydrogen (secondary N) is 1. The van der Waals surface area contributed by atoms with Crippen molar-refractivity contribution in [3.8, 4) is 0 Å². The number of carbonyl (C=O) groups is 2. The average Bonchev–Trinajstić information content (AvgIpc) is 2.90. The van der Waals surface area contributed by atoms with Crippen molar-refractivity contribution in [2.24, 2.45) is 5.92 Å². The Hall–Kier alpha value is -1.23. The molecule has 4 heterocycles. The third-order valence-electron chi connectivity index (χ3n) is 9.10. The van der Waals surface area contributed by atoms with Crippen LogP contribution in [-0.4, -0.2) is 128 Å². The molecule has 2 aliphatic carbocycles. The van der Waals surface area contributed by atoms with Gasteiger partial charge < -0.3 is 24.4 Å². The van der Waals surface area contributed by atoms with Gasteiger partial charge in [0.15, 0.2) is 5.78 Å². The molecule has 6 rings (SSSR count). The Morgan fingerprint density at radius 2 is 1.75 bits per heavy atom. The van der Waals surface area contributed by atoms with Gasteiger partial charge in [-0.15, -0.1) is 11.6 Å². The molecule has 2 saturated carbocycles. The smallest absolute Gasteiger partial charge is 0.256 e. The van der Waals surface area contributed by atoms with Crippen LogP contribution in [-0.2, 0) is 23.8 Å². The maximum atomic E-state index is 13.8. The number of Topliss-reactive ketones (excluding diaryl/α,β-unsaturated/α-hetero) is 1. The fraction of sp³-hybridized carbons (Fsp3) is 0.846. The van der Waals surface area contributed by atoms with Gasteiger partial charge >= 0.3 is 0 Å². The van der Waals surface area contributed by atoms with Crippen LogP contribution in [0.15, 0.2) is 11.8 Å². The van der Waals surface area contributed by atoms with E-state index in [0.29, 0.717) is 12.1 Å². The predicted molar refractivity (Wildman–Crippen MR) is 134 cm³/mol.